The Morgan fingerprint density at radius 3 is 2.80 bits per heavy atom. The van der Waals surface area contributed by atoms with Crippen LogP contribution in [-0.2, 0) is 11.5 Å². The lowest BCUT2D eigenvalue weighted by atomic mass is 9.96. The van der Waals surface area contributed by atoms with Gasteiger partial charge in [-0.15, -0.1) is 0 Å². The summed E-state index contributed by atoms with van der Waals surface area (Å²) in [5.41, 5.74) is 3.54. The third-order valence-corrected chi connectivity index (χ3v) is 9.05. The van der Waals surface area contributed by atoms with Gasteiger partial charge in [-0.25, -0.2) is 19.9 Å². The van der Waals surface area contributed by atoms with Gasteiger partial charge in [0, 0.05) is 57.0 Å². The zero-order valence-electron chi connectivity index (χ0n) is 23.4. The highest BCUT2D eigenvalue weighted by atomic mass is 28.3. The van der Waals surface area contributed by atoms with E-state index in [0.29, 0.717) is 36.9 Å². The topological polar surface area (TPSA) is 134 Å². The molecule has 40 heavy (non-hydrogen) atoms. The van der Waals surface area contributed by atoms with Crippen molar-refractivity contribution in [2.24, 2.45) is 5.92 Å². The molecule has 0 aromatic carbocycles. The Kier molecular flexibility index (Phi) is 7.92. The van der Waals surface area contributed by atoms with Crippen molar-refractivity contribution >= 4 is 24.9 Å². The Hall–Kier alpha value is -4.13. The fourth-order valence-electron chi connectivity index (χ4n) is 5.16. The van der Waals surface area contributed by atoms with E-state index in [1.807, 2.05) is 34.6 Å². The predicted octanol–water partition coefficient (Wildman–Crippen LogP) is 4.56. The summed E-state index contributed by atoms with van der Waals surface area (Å²) in [4.78, 5) is 20.0. The Bertz CT molecular complexity index is 1570. The second-order valence-corrected chi connectivity index (χ2v) is 17.1. The molecule has 0 bridgehead atoms. The molecule has 206 valence electrons. The Morgan fingerprint density at radius 2 is 2.02 bits per heavy atom. The summed E-state index contributed by atoms with van der Waals surface area (Å²) in [5.74, 6) is 0.770. The largest absolute Gasteiger partial charge is 0.361 e. The maximum Gasteiger partial charge on any atom is 0.183 e. The van der Waals surface area contributed by atoms with E-state index < -0.39 is 8.07 Å². The van der Waals surface area contributed by atoms with E-state index in [2.05, 4.69) is 61.7 Å². The second kappa shape index (κ2) is 11.5. The molecule has 0 amide bonds. The summed E-state index contributed by atoms with van der Waals surface area (Å²) < 4.78 is 9.84. The van der Waals surface area contributed by atoms with Crippen LogP contribution in [0.3, 0.4) is 0 Å². The molecule has 1 aliphatic heterocycles. The lowest BCUT2D eigenvalue weighted by Crippen LogP contribution is -2.26. The molecule has 0 spiro atoms. The maximum atomic E-state index is 9.65. The van der Waals surface area contributed by atoms with Gasteiger partial charge in [0.05, 0.1) is 42.3 Å². The Balaban J connectivity index is 1.34. The highest BCUT2D eigenvalue weighted by molar-refractivity contribution is 6.76. The quantitative estimate of drug-likeness (QED) is 0.204. The molecule has 1 aliphatic rings. The maximum absolute atomic E-state index is 9.65. The van der Waals surface area contributed by atoms with Crippen LogP contribution in [0.5, 0.6) is 0 Å². The number of aromatic nitrogens is 7. The number of hydrogen-bond acceptors (Lipinski definition) is 9. The number of anilines is 1. The van der Waals surface area contributed by atoms with E-state index in [9.17, 15) is 10.5 Å². The van der Waals surface area contributed by atoms with Gasteiger partial charge in [0.25, 0.3) is 0 Å². The van der Waals surface area contributed by atoms with E-state index in [-0.39, 0.29) is 12.0 Å². The van der Waals surface area contributed by atoms with Crippen LogP contribution in [0, 0.1) is 35.5 Å². The minimum absolute atomic E-state index is 0.116. The van der Waals surface area contributed by atoms with Gasteiger partial charge in [-0.3, -0.25) is 4.68 Å². The Morgan fingerprint density at radius 1 is 1.18 bits per heavy atom. The van der Waals surface area contributed by atoms with Crippen molar-refractivity contribution in [1.82, 2.24) is 34.3 Å². The summed E-state index contributed by atoms with van der Waals surface area (Å²) in [6.45, 7) is 11.5. The van der Waals surface area contributed by atoms with Gasteiger partial charge in [0.2, 0.25) is 0 Å². The van der Waals surface area contributed by atoms with Gasteiger partial charge in [-0.2, -0.15) is 15.6 Å². The van der Waals surface area contributed by atoms with Crippen LogP contribution in [-0.4, -0.2) is 62.1 Å². The van der Waals surface area contributed by atoms with E-state index in [1.165, 1.54) is 0 Å². The molecule has 1 unspecified atom stereocenters. The Labute approximate surface area is 235 Å². The highest BCUT2D eigenvalue weighted by Gasteiger charge is 2.33. The summed E-state index contributed by atoms with van der Waals surface area (Å²) in [7, 11) is -1.15. The van der Waals surface area contributed by atoms with Crippen LogP contribution in [0.2, 0.25) is 25.7 Å². The van der Waals surface area contributed by atoms with Crippen LogP contribution < -0.4 is 4.90 Å². The normalized spacial score (nSPS) is 16.2. The molecule has 1 saturated heterocycles. The van der Waals surface area contributed by atoms with Crippen LogP contribution in [0.4, 0.5) is 5.82 Å². The molecule has 5 rings (SSSR count). The first kappa shape index (κ1) is 27.4. The summed E-state index contributed by atoms with van der Waals surface area (Å²) in [5, 5.41) is 24.8. The van der Waals surface area contributed by atoms with E-state index in [0.717, 1.165) is 47.9 Å². The molecule has 5 heterocycles. The van der Waals surface area contributed by atoms with Crippen molar-refractivity contribution < 1.29 is 4.74 Å². The number of nitrogens with zero attached hydrogens (tertiary/aromatic N) is 10. The highest BCUT2D eigenvalue weighted by Crippen LogP contribution is 2.34. The average molecular weight is 555 g/mol. The molecule has 4 aromatic heterocycles. The van der Waals surface area contributed by atoms with Crippen LogP contribution in [0.25, 0.3) is 22.3 Å². The molecule has 12 heteroatoms. The molecule has 11 nitrogen and oxygen atoms in total. The van der Waals surface area contributed by atoms with Crippen molar-refractivity contribution in [2.75, 3.05) is 24.6 Å². The summed E-state index contributed by atoms with van der Waals surface area (Å²) in [6.07, 6.45) is 10.2. The first-order valence-electron chi connectivity index (χ1n) is 13.5. The number of fused-ring (bicyclic) bond motifs is 1. The number of hydrogen-bond donors (Lipinski definition) is 0. The van der Waals surface area contributed by atoms with Gasteiger partial charge in [0.1, 0.15) is 24.8 Å². The molecule has 4 aromatic rings. The van der Waals surface area contributed by atoms with Gasteiger partial charge < -0.3 is 14.2 Å². The van der Waals surface area contributed by atoms with E-state index in [1.54, 1.807) is 18.7 Å². The number of aryl methyl sites for hydroxylation is 1. The molecule has 1 fully saturated rings. The monoisotopic (exact) mass is 554 g/mol. The summed E-state index contributed by atoms with van der Waals surface area (Å²) in [6, 6.07) is 7.53. The summed E-state index contributed by atoms with van der Waals surface area (Å²) >= 11 is 0. The van der Waals surface area contributed by atoms with Crippen molar-refractivity contribution in [3.63, 3.8) is 0 Å². The lowest BCUT2D eigenvalue weighted by Gasteiger charge is -2.23. The van der Waals surface area contributed by atoms with Gasteiger partial charge >= 0.3 is 0 Å². The minimum atomic E-state index is -1.15. The minimum Gasteiger partial charge on any atom is -0.361 e. The zero-order chi connectivity index (χ0) is 28.3. The van der Waals surface area contributed by atoms with Gasteiger partial charge in [0.15, 0.2) is 11.5 Å². The zero-order valence-corrected chi connectivity index (χ0v) is 24.4. The predicted molar refractivity (Wildman–Crippen MR) is 154 cm³/mol. The standard InChI is InChI=1S/C28H34N10OSi/c1-20-14-31-28(24(13-30)35-20)36-9-6-21(16-36)25(5-8-29)38-17-22(15-34-38)26-23-7-10-37(27(23)33-18-32-26)19-39-11-12-40(2,3)4/h7,10,14-15,17-18,21,25H,5-6,9,11-12,16,19H2,1-4H3/t21?,25-/m0/s1. The van der Waals surface area contributed by atoms with Crippen molar-refractivity contribution in [2.45, 2.75) is 58.2 Å². The fraction of sp³-hybridized carbons (Fsp3) is 0.464. The van der Waals surface area contributed by atoms with Crippen molar-refractivity contribution in [3.05, 3.63) is 48.6 Å². The van der Waals surface area contributed by atoms with E-state index in [4.69, 9.17) is 4.74 Å². The van der Waals surface area contributed by atoms with Crippen LogP contribution in [0.15, 0.2) is 37.2 Å². The number of nitriles is 2. The van der Waals surface area contributed by atoms with Crippen LogP contribution >= 0.6 is 0 Å². The SMILES string of the molecule is Cc1cnc(N2CCC([C@H](CC#N)n3cc(-c4ncnc5c4ccn5COCC[Si](C)(C)C)cn3)C2)c(C#N)n1. The number of ether oxygens (including phenoxy) is 1. The average Bonchev–Trinajstić information content (AvgIpc) is 3.69. The third kappa shape index (κ3) is 5.88. The smallest absolute Gasteiger partial charge is 0.183 e. The third-order valence-electron chi connectivity index (χ3n) is 7.35. The molecular weight excluding hydrogens is 520 g/mol. The molecule has 0 aliphatic carbocycles. The molecule has 2 atom stereocenters. The number of rotatable bonds is 10. The first-order valence-corrected chi connectivity index (χ1v) is 17.3. The van der Waals surface area contributed by atoms with E-state index >= 15 is 0 Å². The molecule has 0 N–H and O–H groups in total. The van der Waals surface area contributed by atoms with Crippen molar-refractivity contribution in [1.29, 1.82) is 10.5 Å². The van der Waals surface area contributed by atoms with Gasteiger partial charge in [-0.1, -0.05) is 19.6 Å². The molecule has 0 saturated carbocycles. The molecule has 0 radical (unpaired) electrons. The lowest BCUT2D eigenvalue weighted by molar-refractivity contribution is 0.0899. The first-order chi connectivity index (χ1) is 19.3. The van der Waals surface area contributed by atoms with Crippen molar-refractivity contribution in [3.8, 4) is 23.4 Å². The molecular formula is C28H34N10OSi. The fourth-order valence-corrected chi connectivity index (χ4v) is 5.92. The second-order valence-electron chi connectivity index (χ2n) is 11.5. The van der Waals surface area contributed by atoms with Gasteiger partial charge in [-0.05, 0) is 25.5 Å². The van der Waals surface area contributed by atoms with Crippen LogP contribution in [0.1, 0.15) is 30.3 Å².